The van der Waals surface area contributed by atoms with E-state index in [1.165, 1.54) is 6.92 Å². The maximum Gasteiger partial charge on any atom is 0.306 e. The topological polar surface area (TPSA) is 43.4 Å². The summed E-state index contributed by atoms with van der Waals surface area (Å²) in [5.74, 6) is -0.304. The predicted molar refractivity (Wildman–Crippen MR) is 45.7 cm³/mol. The summed E-state index contributed by atoms with van der Waals surface area (Å²) in [6.45, 7) is 3.61. The first-order chi connectivity index (χ1) is 5.66. The fourth-order valence-corrected chi connectivity index (χ4v) is 0.588. The molecule has 0 bridgehead atoms. The first-order valence-corrected chi connectivity index (χ1v) is 3.93. The molecule has 0 unspecified atom stereocenters. The van der Waals surface area contributed by atoms with Crippen LogP contribution in [0.3, 0.4) is 0 Å². The minimum atomic E-state index is -0.316. The Balaban J connectivity index is 3.40. The second kappa shape index (κ2) is 6.58. The summed E-state index contributed by atoms with van der Waals surface area (Å²) in [5.41, 5.74) is 0. The fourth-order valence-electron chi connectivity index (χ4n) is 0.588. The van der Waals surface area contributed by atoms with Gasteiger partial charge < -0.3 is 9.53 Å². The summed E-state index contributed by atoms with van der Waals surface area (Å²) < 4.78 is 4.75. The molecule has 3 heteroatoms. The van der Waals surface area contributed by atoms with Gasteiger partial charge in [0.25, 0.3) is 0 Å². The van der Waals surface area contributed by atoms with Gasteiger partial charge in [-0.05, 0) is 13.8 Å². The third kappa shape index (κ3) is 6.99. The van der Waals surface area contributed by atoms with Crippen molar-refractivity contribution in [1.82, 2.24) is 0 Å². The average molecular weight is 170 g/mol. The molecule has 0 aromatic heterocycles. The average Bonchev–Trinajstić information content (AvgIpc) is 2.01. The van der Waals surface area contributed by atoms with Crippen molar-refractivity contribution in [3.8, 4) is 0 Å². The van der Waals surface area contributed by atoms with Crippen LogP contribution in [0.5, 0.6) is 0 Å². The van der Waals surface area contributed by atoms with Crippen LogP contribution >= 0.6 is 0 Å². The molecule has 0 aliphatic carbocycles. The number of carbonyl (C=O) groups excluding carboxylic acids is 2. The molecule has 0 aromatic carbocycles. The molecule has 0 aliphatic rings. The molecule has 0 saturated carbocycles. The molecule has 0 heterocycles. The van der Waals surface area contributed by atoms with Gasteiger partial charge in [-0.3, -0.25) is 4.79 Å². The van der Waals surface area contributed by atoms with E-state index in [1.807, 2.05) is 6.92 Å². The number of ether oxygens (including phenoxy) is 1. The minimum Gasteiger partial charge on any atom is -0.461 e. The number of allylic oxidation sites excluding steroid dienone is 1. The largest absolute Gasteiger partial charge is 0.461 e. The summed E-state index contributed by atoms with van der Waals surface area (Å²) in [6.07, 6.45) is 4.01. The first kappa shape index (κ1) is 10.9. The van der Waals surface area contributed by atoms with Crippen LogP contribution in [-0.4, -0.2) is 18.4 Å². The Bertz CT molecular complexity index is 182. The third-order valence-electron chi connectivity index (χ3n) is 1.26. The minimum absolute atomic E-state index is 0.0120. The lowest BCUT2D eigenvalue weighted by Crippen LogP contribution is -2.06. The van der Waals surface area contributed by atoms with Crippen LogP contribution in [0.1, 0.15) is 26.7 Å². The molecule has 0 aromatic rings. The number of carbonyl (C=O) groups is 2. The third-order valence-corrected chi connectivity index (χ3v) is 1.26. The molecule has 0 radical (unpaired) electrons. The first-order valence-electron chi connectivity index (χ1n) is 3.93. The number of ketones is 1. The van der Waals surface area contributed by atoms with Crippen LogP contribution in [0.25, 0.3) is 0 Å². The Hall–Kier alpha value is -1.12. The molecule has 0 atom stereocenters. The highest BCUT2D eigenvalue weighted by molar-refractivity contribution is 5.80. The van der Waals surface area contributed by atoms with Crippen molar-refractivity contribution in [2.75, 3.05) is 6.61 Å². The summed E-state index contributed by atoms with van der Waals surface area (Å²) in [6, 6.07) is 0. The van der Waals surface area contributed by atoms with Crippen molar-refractivity contribution < 1.29 is 14.3 Å². The molecule has 0 aliphatic heterocycles. The molecule has 12 heavy (non-hydrogen) atoms. The van der Waals surface area contributed by atoms with Crippen LogP contribution in [-0.2, 0) is 14.3 Å². The lowest BCUT2D eigenvalue weighted by molar-refractivity contribution is -0.143. The Morgan fingerprint density at radius 2 is 2.00 bits per heavy atom. The van der Waals surface area contributed by atoms with Crippen molar-refractivity contribution in [2.45, 2.75) is 26.7 Å². The molecule has 0 saturated heterocycles. The number of esters is 1. The van der Waals surface area contributed by atoms with E-state index >= 15 is 0 Å². The van der Waals surface area contributed by atoms with Crippen LogP contribution in [0, 0.1) is 0 Å². The summed E-state index contributed by atoms with van der Waals surface area (Å²) >= 11 is 0. The number of hydrogen-bond donors (Lipinski definition) is 0. The number of Topliss-reactive ketones (excluding diaryl/α,β-unsaturated/α-hetero) is 1. The lowest BCUT2D eigenvalue weighted by atomic mass is 10.2. The Morgan fingerprint density at radius 3 is 2.50 bits per heavy atom. The molecule has 0 rings (SSSR count). The van der Waals surface area contributed by atoms with Crippen LogP contribution < -0.4 is 0 Å². The van der Waals surface area contributed by atoms with E-state index in [9.17, 15) is 9.59 Å². The van der Waals surface area contributed by atoms with Crippen LogP contribution in [0.15, 0.2) is 12.2 Å². The Labute approximate surface area is 72.4 Å². The molecular formula is C9H14O3. The van der Waals surface area contributed by atoms with E-state index < -0.39 is 0 Å². The van der Waals surface area contributed by atoms with Gasteiger partial charge >= 0.3 is 5.97 Å². The highest BCUT2D eigenvalue weighted by atomic mass is 16.5. The highest BCUT2D eigenvalue weighted by Gasteiger charge is 2.02. The van der Waals surface area contributed by atoms with Crippen molar-refractivity contribution >= 4 is 11.8 Å². The van der Waals surface area contributed by atoms with Crippen molar-refractivity contribution in [2.24, 2.45) is 0 Å². The van der Waals surface area contributed by atoms with Gasteiger partial charge in [0, 0.05) is 6.42 Å². The highest BCUT2D eigenvalue weighted by Crippen LogP contribution is 1.93. The van der Waals surface area contributed by atoms with E-state index in [0.717, 1.165) is 0 Å². The summed E-state index contributed by atoms with van der Waals surface area (Å²) in [4.78, 5) is 21.3. The van der Waals surface area contributed by atoms with Gasteiger partial charge in [0.1, 0.15) is 12.4 Å². The fraction of sp³-hybridized carbons (Fsp3) is 0.556. The van der Waals surface area contributed by atoms with Gasteiger partial charge in [0.2, 0.25) is 0 Å². The van der Waals surface area contributed by atoms with Crippen molar-refractivity contribution in [1.29, 1.82) is 0 Å². The lowest BCUT2D eigenvalue weighted by Gasteiger charge is -1.98. The second-order valence-corrected chi connectivity index (χ2v) is 2.45. The normalized spacial score (nSPS) is 10.2. The van der Waals surface area contributed by atoms with Gasteiger partial charge in [-0.2, -0.15) is 0 Å². The Kier molecular flexibility index (Phi) is 5.97. The monoisotopic (exact) mass is 170 g/mol. The van der Waals surface area contributed by atoms with E-state index in [-0.39, 0.29) is 24.6 Å². The molecule has 0 fully saturated rings. The molecule has 68 valence electrons. The van der Waals surface area contributed by atoms with Gasteiger partial charge in [0.05, 0.1) is 6.42 Å². The molecule has 3 nitrogen and oxygen atoms in total. The molecular weight excluding hydrogens is 156 g/mol. The van der Waals surface area contributed by atoms with E-state index in [4.69, 9.17) is 4.74 Å². The van der Waals surface area contributed by atoms with Crippen LogP contribution in [0.4, 0.5) is 0 Å². The predicted octanol–water partition coefficient (Wildman–Crippen LogP) is 1.47. The van der Waals surface area contributed by atoms with Gasteiger partial charge in [-0.1, -0.05) is 12.2 Å². The van der Waals surface area contributed by atoms with Gasteiger partial charge in [0.15, 0.2) is 0 Å². The van der Waals surface area contributed by atoms with E-state index in [2.05, 4.69) is 0 Å². The Morgan fingerprint density at radius 1 is 1.33 bits per heavy atom. The molecule has 0 amide bonds. The maximum atomic E-state index is 10.8. The zero-order chi connectivity index (χ0) is 9.40. The van der Waals surface area contributed by atoms with Gasteiger partial charge in [-0.15, -0.1) is 0 Å². The number of hydrogen-bond acceptors (Lipinski definition) is 3. The van der Waals surface area contributed by atoms with E-state index in [0.29, 0.717) is 6.61 Å². The zero-order valence-electron chi connectivity index (χ0n) is 7.50. The smallest absolute Gasteiger partial charge is 0.306 e. The van der Waals surface area contributed by atoms with Crippen molar-refractivity contribution in [3.63, 3.8) is 0 Å². The second-order valence-electron chi connectivity index (χ2n) is 2.45. The molecule has 0 spiro atoms. The summed E-state index contributed by atoms with van der Waals surface area (Å²) in [7, 11) is 0. The SMILES string of the molecule is C/C=C/COC(=O)CCC(C)=O. The maximum absolute atomic E-state index is 10.8. The van der Waals surface area contributed by atoms with Gasteiger partial charge in [-0.25, -0.2) is 0 Å². The summed E-state index contributed by atoms with van der Waals surface area (Å²) in [5, 5.41) is 0. The molecule has 0 N–H and O–H groups in total. The van der Waals surface area contributed by atoms with Crippen LogP contribution in [0.2, 0.25) is 0 Å². The standard InChI is InChI=1S/C9H14O3/c1-3-4-7-12-9(11)6-5-8(2)10/h3-4H,5-7H2,1-2H3/b4-3+. The van der Waals surface area contributed by atoms with E-state index in [1.54, 1.807) is 12.2 Å². The quantitative estimate of drug-likeness (QED) is 0.463. The number of rotatable bonds is 5. The van der Waals surface area contributed by atoms with Crippen molar-refractivity contribution in [3.05, 3.63) is 12.2 Å². The zero-order valence-corrected chi connectivity index (χ0v) is 7.50.